The van der Waals surface area contributed by atoms with Crippen molar-refractivity contribution < 1.29 is 9.53 Å². The zero-order valence-electron chi connectivity index (χ0n) is 10.1. The highest BCUT2D eigenvalue weighted by Crippen LogP contribution is 2.12. The number of hydrogen-bond donors (Lipinski definition) is 1. The lowest BCUT2D eigenvalue weighted by Crippen LogP contribution is -2.27. The number of thioether (sulfide) groups is 1. The lowest BCUT2D eigenvalue weighted by atomic mass is 10.2. The maximum Gasteiger partial charge on any atom is 0.220 e. The van der Waals surface area contributed by atoms with E-state index in [1.165, 1.54) is 5.56 Å². The summed E-state index contributed by atoms with van der Waals surface area (Å²) in [6.07, 6.45) is 0.571. The number of amides is 1. The number of methoxy groups -OCH3 is 1. The van der Waals surface area contributed by atoms with Gasteiger partial charge in [0.25, 0.3) is 0 Å². The molecule has 0 heterocycles. The van der Waals surface area contributed by atoms with Crippen molar-refractivity contribution in [1.29, 1.82) is 0 Å². The van der Waals surface area contributed by atoms with Gasteiger partial charge in [-0.25, -0.2) is 0 Å². The Morgan fingerprint density at radius 3 is 2.82 bits per heavy atom. The molecule has 0 saturated heterocycles. The molecular formula is C13H19NO2S. The molecule has 1 N–H and O–H groups in total. The molecule has 0 bridgehead atoms. The van der Waals surface area contributed by atoms with Gasteiger partial charge >= 0.3 is 0 Å². The van der Waals surface area contributed by atoms with Crippen LogP contribution in [0, 0.1) is 0 Å². The van der Waals surface area contributed by atoms with Crippen LogP contribution in [0.2, 0.25) is 0 Å². The molecule has 1 aromatic carbocycles. The Kier molecular flexibility index (Phi) is 7.51. The maximum absolute atomic E-state index is 11.3. The Hall–Kier alpha value is -1.00. The van der Waals surface area contributed by atoms with E-state index in [1.807, 2.05) is 18.2 Å². The fourth-order valence-electron chi connectivity index (χ4n) is 1.31. The van der Waals surface area contributed by atoms with Crippen LogP contribution in [-0.2, 0) is 15.3 Å². The van der Waals surface area contributed by atoms with Gasteiger partial charge in [0.2, 0.25) is 5.91 Å². The number of rotatable bonds is 8. The van der Waals surface area contributed by atoms with E-state index in [-0.39, 0.29) is 5.91 Å². The van der Waals surface area contributed by atoms with Crippen molar-refractivity contribution in [3.8, 4) is 0 Å². The van der Waals surface area contributed by atoms with E-state index < -0.39 is 0 Å². The van der Waals surface area contributed by atoms with Gasteiger partial charge < -0.3 is 10.1 Å². The highest BCUT2D eigenvalue weighted by atomic mass is 32.2. The maximum atomic E-state index is 11.3. The van der Waals surface area contributed by atoms with Crippen molar-refractivity contribution in [2.45, 2.75) is 12.2 Å². The summed E-state index contributed by atoms with van der Waals surface area (Å²) < 4.78 is 4.86. The summed E-state index contributed by atoms with van der Waals surface area (Å²) in [5.41, 5.74) is 1.30. The van der Waals surface area contributed by atoms with Crippen LogP contribution in [0.3, 0.4) is 0 Å². The van der Waals surface area contributed by atoms with E-state index in [4.69, 9.17) is 4.74 Å². The molecule has 0 saturated carbocycles. The molecular weight excluding hydrogens is 234 g/mol. The third-order valence-corrected chi connectivity index (χ3v) is 3.24. The zero-order valence-corrected chi connectivity index (χ0v) is 11.0. The number of nitrogens with one attached hydrogen (secondary N) is 1. The van der Waals surface area contributed by atoms with Crippen LogP contribution in [0.25, 0.3) is 0 Å². The van der Waals surface area contributed by atoms with E-state index in [0.29, 0.717) is 19.6 Å². The summed E-state index contributed by atoms with van der Waals surface area (Å²) in [5, 5.41) is 2.80. The van der Waals surface area contributed by atoms with Gasteiger partial charge in [-0.1, -0.05) is 30.3 Å². The van der Waals surface area contributed by atoms with Gasteiger partial charge in [0.05, 0.1) is 6.61 Å². The largest absolute Gasteiger partial charge is 0.383 e. The molecule has 0 unspecified atom stereocenters. The summed E-state index contributed by atoms with van der Waals surface area (Å²) >= 11 is 1.78. The monoisotopic (exact) mass is 253 g/mol. The number of carbonyl (C=O) groups is 1. The first-order chi connectivity index (χ1) is 8.33. The van der Waals surface area contributed by atoms with E-state index in [2.05, 4.69) is 17.4 Å². The van der Waals surface area contributed by atoms with Crippen molar-refractivity contribution in [3.05, 3.63) is 35.9 Å². The number of benzene rings is 1. The summed E-state index contributed by atoms with van der Waals surface area (Å²) in [5.74, 6) is 1.92. The summed E-state index contributed by atoms with van der Waals surface area (Å²) in [6, 6.07) is 10.3. The standard InChI is InChI=1S/C13H19NO2S/c1-16-9-8-14-13(15)7-10-17-11-12-5-3-2-4-6-12/h2-6H,7-11H2,1H3,(H,14,15). The molecule has 1 amide bonds. The van der Waals surface area contributed by atoms with Crippen LogP contribution in [0.5, 0.6) is 0 Å². The first-order valence-electron chi connectivity index (χ1n) is 5.70. The normalized spacial score (nSPS) is 10.2. The van der Waals surface area contributed by atoms with Crippen molar-refractivity contribution in [2.24, 2.45) is 0 Å². The Balaban J connectivity index is 2.02. The summed E-state index contributed by atoms with van der Waals surface area (Å²) in [4.78, 5) is 11.3. The fourth-order valence-corrected chi connectivity index (χ4v) is 2.21. The van der Waals surface area contributed by atoms with Crippen LogP contribution in [-0.4, -0.2) is 31.9 Å². The van der Waals surface area contributed by atoms with Crippen LogP contribution in [0.15, 0.2) is 30.3 Å². The smallest absolute Gasteiger partial charge is 0.220 e. The second-order valence-electron chi connectivity index (χ2n) is 3.63. The number of hydrogen-bond acceptors (Lipinski definition) is 3. The van der Waals surface area contributed by atoms with Crippen LogP contribution >= 0.6 is 11.8 Å². The quantitative estimate of drug-likeness (QED) is 0.721. The molecule has 0 radical (unpaired) electrons. The minimum absolute atomic E-state index is 0.0996. The van der Waals surface area contributed by atoms with Gasteiger partial charge in [-0.05, 0) is 5.56 Å². The minimum atomic E-state index is 0.0996. The number of ether oxygens (including phenoxy) is 1. The van der Waals surface area contributed by atoms with Crippen molar-refractivity contribution in [3.63, 3.8) is 0 Å². The molecule has 1 rings (SSSR count). The minimum Gasteiger partial charge on any atom is -0.383 e. The molecule has 1 aromatic rings. The molecule has 94 valence electrons. The molecule has 0 atom stereocenters. The highest BCUT2D eigenvalue weighted by molar-refractivity contribution is 7.98. The van der Waals surface area contributed by atoms with Crippen LogP contribution in [0.4, 0.5) is 0 Å². The van der Waals surface area contributed by atoms with Gasteiger partial charge in [-0.2, -0.15) is 11.8 Å². The fraction of sp³-hybridized carbons (Fsp3) is 0.462. The molecule has 0 aliphatic carbocycles. The summed E-state index contributed by atoms with van der Waals surface area (Å²) in [6.45, 7) is 1.17. The lowest BCUT2D eigenvalue weighted by Gasteiger charge is -2.04. The molecule has 0 aromatic heterocycles. The SMILES string of the molecule is COCCNC(=O)CCSCc1ccccc1. The first-order valence-corrected chi connectivity index (χ1v) is 6.85. The topological polar surface area (TPSA) is 38.3 Å². The Bertz CT molecular complexity index is 316. The van der Waals surface area contributed by atoms with E-state index in [9.17, 15) is 4.79 Å². The van der Waals surface area contributed by atoms with Gasteiger partial charge in [-0.3, -0.25) is 4.79 Å². The molecule has 0 aliphatic rings. The lowest BCUT2D eigenvalue weighted by molar-refractivity contribution is -0.120. The van der Waals surface area contributed by atoms with Crippen LogP contribution < -0.4 is 5.32 Å². The van der Waals surface area contributed by atoms with Gasteiger partial charge in [0.15, 0.2) is 0 Å². The second kappa shape index (κ2) is 9.07. The van der Waals surface area contributed by atoms with Crippen molar-refractivity contribution in [1.82, 2.24) is 5.32 Å². The zero-order chi connectivity index (χ0) is 12.3. The van der Waals surface area contributed by atoms with Crippen molar-refractivity contribution in [2.75, 3.05) is 26.0 Å². The van der Waals surface area contributed by atoms with Gasteiger partial charge in [-0.15, -0.1) is 0 Å². The van der Waals surface area contributed by atoms with E-state index >= 15 is 0 Å². The van der Waals surface area contributed by atoms with Crippen molar-refractivity contribution >= 4 is 17.7 Å². The molecule has 0 fully saturated rings. The highest BCUT2D eigenvalue weighted by Gasteiger charge is 2.00. The third kappa shape index (κ3) is 7.02. The third-order valence-electron chi connectivity index (χ3n) is 2.21. The molecule has 0 spiro atoms. The van der Waals surface area contributed by atoms with E-state index in [0.717, 1.165) is 11.5 Å². The van der Waals surface area contributed by atoms with Gasteiger partial charge in [0, 0.05) is 31.6 Å². The molecule has 4 heteroatoms. The predicted octanol–water partition coefficient (Wildman–Crippen LogP) is 2.07. The van der Waals surface area contributed by atoms with Crippen LogP contribution in [0.1, 0.15) is 12.0 Å². The average molecular weight is 253 g/mol. The Morgan fingerprint density at radius 1 is 1.35 bits per heavy atom. The Morgan fingerprint density at radius 2 is 2.12 bits per heavy atom. The molecule has 0 aliphatic heterocycles. The second-order valence-corrected chi connectivity index (χ2v) is 4.74. The number of carbonyl (C=O) groups excluding carboxylic acids is 1. The molecule has 3 nitrogen and oxygen atoms in total. The molecule has 17 heavy (non-hydrogen) atoms. The predicted molar refractivity (Wildman–Crippen MR) is 72.1 cm³/mol. The summed E-state index contributed by atoms with van der Waals surface area (Å²) in [7, 11) is 1.63. The average Bonchev–Trinajstić information content (AvgIpc) is 2.36. The Labute approximate surface area is 107 Å². The van der Waals surface area contributed by atoms with E-state index in [1.54, 1.807) is 18.9 Å². The first kappa shape index (κ1) is 14.1. The van der Waals surface area contributed by atoms with Gasteiger partial charge in [0.1, 0.15) is 0 Å².